The SMILES string of the molecule is CCCOc1cccc(CN(C)C2CCCNCC2)c1.Cl. The number of rotatable bonds is 6. The molecule has 1 aromatic carbocycles. The van der Waals surface area contributed by atoms with Crippen molar-refractivity contribution in [3.8, 4) is 5.75 Å². The Morgan fingerprint density at radius 2 is 2.14 bits per heavy atom. The summed E-state index contributed by atoms with van der Waals surface area (Å²) < 4.78 is 5.71. The molecule has 1 heterocycles. The van der Waals surface area contributed by atoms with Crippen LogP contribution in [0.3, 0.4) is 0 Å². The summed E-state index contributed by atoms with van der Waals surface area (Å²) >= 11 is 0. The van der Waals surface area contributed by atoms with E-state index in [2.05, 4.69) is 48.5 Å². The summed E-state index contributed by atoms with van der Waals surface area (Å²) in [4.78, 5) is 2.49. The zero-order chi connectivity index (χ0) is 14.2. The van der Waals surface area contributed by atoms with E-state index in [9.17, 15) is 0 Å². The van der Waals surface area contributed by atoms with Gasteiger partial charge < -0.3 is 10.1 Å². The lowest BCUT2D eigenvalue weighted by Gasteiger charge is -2.27. The van der Waals surface area contributed by atoms with Gasteiger partial charge in [0.15, 0.2) is 0 Å². The van der Waals surface area contributed by atoms with Crippen LogP contribution in [0.5, 0.6) is 5.75 Å². The molecule has 1 N–H and O–H groups in total. The molecule has 0 bridgehead atoms. The minimum atomic E-state index is 0. The molecule has 4 heteroatoms. The Labute approximate surface area is 135 Å². The number of nitrogens with one attached hydrogen (secondary N) is 1. The molecule has 0 radical (unpaired) electrons. The molecule has 1 aliphatic rings. The number of hydrogen-bond donors (Lipinski definition) is 1. The molecule has 1 atom stereocenters. The second kappa shape index (κ2) is 10.0. The van der Waals surface area contributed by atoms with Gasteiger partial charge in [0.25, 0.3) is 0 Å². The maximum atomic E-state index is 5.71. The summed E-state index contributed by atoms with van der Waals surface area (Å²) in [6, 6.07) is 9.23. The van der Waals surface area contributed by atoms with Gasteiger partial charge in [-0.3, -0.25) is 4.90 Å². The highest BCUT2D eigenvalue weighted by atomic mass is 35.5. The van der Waals surface area contributed by atoms with Gasteiger partial charge >= 0.3 is 0 Å². The minimum Gasteiger partial charge on any atom is -0.494 e. The van der Waals surface area contributed by atoms with Crippen molar-refractivity contribution in [2.75, 3.05) is 26.7 Å². The molecular formula is C17H29ClN2O. The molecule has 0 spiro atoms. The van der Waals surface area contributed by atoms with E-state index in [1.165, 1.54) is 31.4 Å². The Morgan fingerprint density at radius 3 is 2.95 bits per heavy atom. The third-order valence-corrected chi connectivity index (χ3v) is 3.97. The van der Waals surface area contributed by atoms with Crippen LogP contribution >= 0.6 is 12.4 Å². The van der Waals surface area contributed by atoms with E-state index in [0.717, 1.165) is 31.9 Å². The number of halogens is 1. The van der Waals surface area contributed by atoms with Crippen LogP contribution in [-0.4, -0.2) is 37.7 Å². The molecule has 1 saturated heterocycles. The largest absolute Gasteiger partial charge is 0.494 e. The monoisotopic (exact) mass is 312 g/mol. The number of benzene rings is 1. The zero-order valence-electron chi connectivity index (χ0n) is 13.3. The third kappa shape index (κ3) is 6.25. The molecule has 1 aromatic rings. The van der Waals surface area contributed by atoms with Crippen LogP contribution in [0, 0.1) is 0 Å². The Morgan fingerprint density at radius 1 is 1.29 bits per heavy atom. The number of ether oxygens (including phenoxy) is 1. The highest BCUT2D eigenvalue weighted by molar-refractivity contribution is 5.85. The second-order valence-corrected chi connectivity index (χ2v) is 5.75. The first-order valence-electron chi connectivity index (χ1n) is 7.92. The summed E-state index contributed by atoms with van der Waals surface area (Å²) in [6.45, 7) is 6.26. The van der Waals surface area contributed by atoms with Gasteiger partial charge in [-0.15, -0.1) is 12.4 Å². The molecule has 1 fully saturated rings. The van der Waals surface area contributed by atoms with E-state index in [0.29, 0.717) is 6.04 Å². The first-order valence-corrected chi connectivity index (χ1v) is 7.92. The van der Waals surface area contributed by atoms with Crippen LogP contribution < -0.4 is 10.1 Å². The molecule has 1 aliphatic heterocycles. The van der Waals surface area contributed by atoms with E-state index in [4.69, 9.17) is 4.74 Å². The quantitative estimate of drug-likeness (QED) is 0.870. The molecule has 0 saturated carbocycles. The minimum absolute atomic E-state index is 0. The Hall–Kier alpha value is -0.770. The average Bonchev–Trinajstić information content (AvgIpc) is 2.74. The fraction of sp³-hybridized carbons (Fsp3) is 0.647. The van der Waals surface area contributed by atoms with Gasteiger partial charge in [0.1, 0.15) is 5.75 Å². The van der Waals surface area contributed by atoms with Crippen LogP contribution in [0.4, 0.5) is 0 Å². The topological polar surface area (TPSA) is 24.5 Å². The summed E-state index contributed by atoms with van der Waals surface area (Å²) in [5, 5.41) is 3.48. The van der Waals surface area contributed by atoms with Gasteiger partial charge in [-0.25, -0.2) is 0 Å². The van der Waals surface area contributed by atoms with Gasteiger partial charge in [0.05, 0.1) is 6.61 Å². The molecule has 21 heavy (non-hydrogen) atoms. The predicted octanol–water partition coefficient (Wildman–Crippen LogP) is 3.47. The van der Waals surface area contributed by atoms with Crippen LogP contribution in [0.25, 0.3) is 0 Å². The highest BCUT2D eigenvalue weighted by Gasteiger charge is 2.16. The fourth-order valence-electron chi connectivity index (χ4n) is 2.81. The standard InChI is InChI=1S/C17H28N2O.ClH/c1-3-12-20-17-8-4-6-15(13-17)14-19(2)16-7-5-10-18-11-9-16;/h4,6,8,13,16,18H,3,5,7,9-12,14H2,1-2H3;1H. The van der Waals surface area contributed by atoms with E-state index in [1.54, 1.807) is 0 Å². The summed E-state index contributed by atoms with van der Waals surface area (Å²) in [5.74, 6) is 1.00. The van der Waals surface area contributed by atoms with Crippen LogP contribution in [0.2, 0.25) is 0 Å². The van der Waals surface area contributed by atoms with Crippen molar-refractivity contribution in [2.24, 2.45) is 0 Å². The van der Waals surface area contributed by atoms with Gasteiger partial charge in [-0.1, -0.05) is 19.1 Å². The van der Waals surface area contributed by atoms with E-state index >= 15 is 0 Å². The lowest BCUT2D eigenvalue weighted by Crippen LogP contribution is -2.32. The Balaban J connectivity index is 0.00000220. The van der Waals surface area contributed by atoms with Crippen LogP contribution in [0.1, 0.15) is 38.2 Å². The molecule has 0 aromatic heterocycles. The number of hydrogen-bond acceptors (Lipinski definition) is 3. The molecule has 120 valence electrons. The van der Waals surface area contributed by atoms with Crippen molar-refractivity contribution >= 4 is 12.4 Å². The molecular weight excluding hydrogens is 284 g/mol. The molecule has 0 aliphatic carbocycles. The Bertz CT molecular complexity index is 392. The third-order valence-electron chi connectivity index (χ3n) is 3.97. The summed E-state index contributed by atoms with van der Waals surface area (Å²) in [6.07, 6.45) is 4.89. The average molecular weight is 313 g/mol. The lowest BCUT2D eigenvalue weighted by atomic mass is 10.1. The first-order chi connectivity index (χ1) is 9.79. The fourth-order valence-corrected chi connectivity index (χ4v) is 2.81. The van der Waals surface area contributed by atoms with Gasteiger partial charge in [-0.2, -0.15) is 0 Å². The highest BCUT2D eigenvalue weighted by Crippen LogP contribution is 2.18. The van der Waals surface area contributed by atoms with Gasteiger partial charge in [-0.05, 0) is 63.5 Å². The normalized spacial score (nSPS) is 18.9. The van der Waals surface area contributed by atoms with Gasteiger partial charge in [0, 0.05) is 12.6 Å². The summed E-state index contributed by atoms with van der Waals surface area (Å²) in [5.41, 5.74) is 1.35. The predicted molar refractivity (Wildman–Crippen MR) is 91.5 cm³/mol. The molecule has 3 nitrogen and oxygen atoms in total. The lowest BCUT2D eigenvalue weighted by molar-refractivity contribution is 0.216. The molecule has 2 rings (SSSR count). The molecule has 0 amide bonds. The molecule has 1 unspecified atom stereocenters. The first kappa shape index (κ1) is 18.3. The van der Waals surface area contributed by atoms with E-state index < -0.39 is 0 Å². The van der Waals surface area contributed by atoms with Crippen LogP contribution in [0.15, 0.2) is 24.3 Å². The Kier molecular flexibility index (Phi) is 8.74. The smallest absolute Gasteiger partial charge is 0.119 e. The maximum absolute atomic E-state index is 5.71. The number of nitrogens with zero attached hydrogens (tertiary/aromatic N) is 1. The van der Waals surface area contributed by atoms with Crippen molar-refractivity contribution in [1.29, 1.82) is 0 Å². The second-order valence-electron chi connectivity index (χ2n) is 5.75. The van der Waals surface area contributed by atoms with Crippen molar-refractivity contribution in [3.05, 3.63) is 29.8 Å². The van der Waals surface area contributed by atoms with Crippen molar-refractivity contribution in [1.82, 2.24) is 10.2 Å². The van der Waals surface area contributed by atoms with Crippen molar-refractivity contribution in [3.63, 3.8) is 0 Å². The van der Waals surface area contributed by atoms with E-state index in [-0.39, 0.29) is 12.4 Å². The van der Waals surface area contributed by atoms with E-state index in [1.807, 2.05) is 0 Å². The van der Waals surface area contributed by atoms with Crippen molar-refractivity contribution < 1.29 is 4.74 Å². The summed E-state index contributed by atoms with van der Waals surface area (Å²) in [7, 11) is 2.25. The van der Waals surface area contributed by atoms with Crippen molar-refractivity contribution in [2.45, 2.75) is 45.2 Å². The zero-order valence-corrected chi connectivity index (χ0v) is 14.1. The van der Waals surface area contributed by atoms with Gasteiger partial charge in [0.2, 0.25) is 0 Å². The van der Waals surface area contributed by atoms with Crippen LogP contribution in [-0.2, 0) is 6.54 Å². The maximum Gasteiger partial charge on any atom is 0.119 e.